The van der Waals surface area contributed by atoms with Gasteiger partial charge in [-0.3, -0.25) is 9.59 Å². The van der Waals surface area contributed by atoms with Crippen LogP contribution in [0.5, 0.6) is 5.75 Å². The van der Waals surface area contributed by atoms with Crippen molar-refractivity contribution in [3.63, 3.8) is 0 Å². The van der Waals surface area contributed by atoms with Gasteiger partial charge in [-0.15, -0.1) is 0 Å². The molecule has 6 nitrogen and oxygen atoms in total. The fraction of sp³-hybridized carbons (Fsp3) is 0.368. The van der Waals surface area contributed by atoms with Gasteiger partial charge in [0.05, 0.1) is 11.3 Å². The molecule has 0 bridgehead atoms. The molecule has 1 N–H and O–H groups in total. The van der Waals surface area contributed by atoms with Gasteiger partial charge >= 0.3 is 0 Å². The molecule has 8 heteroatoms. The van der Waals surface area contributed by atoms with Crippen LogP contribution in [0, 0.1) is 0 Å². The Morgan fingerprint density at radius 2 is 1.96 bits per heavy atom. The van der Waals surface area contributed by atoms with Crippen LogP contribution < -0.4 is 10.1 Å². The van der Waals surface area contributed by atoms with Crippen LogP contribution in [0.4, 0.5) is 0 Å². The average Bonchev–Trinajstić information content (AvgIpc) is 3.20. The number of amides is 2. The van der Waals surface area contributed by atoms with Crippen LogP contribution in [0.3, 0.4) is 0 Å². The van der Waals surface area contributed by atoms with E-state index in [1.807, 2.05) is 0 Å². The molecule has 0 radical (unpaired) electrons. The van der Waals surface area contributed by atoms with Crippen molar-refractivity contribution in [2.24, 2.45) is 0 Å². The highest BCUT2D eigenvalue weighted by atomic mass is 35.5. The summed E-state index contributed by atoms with van der Waals surface area (Å²) in [5, 5.41) is 3.62. The molecule has 27 heavy (non-hydrogen) atoms. The number of nitrogens with zero attached hydrogens (tertiary/aromatic N) is 1. The van der Waals surface area contributed by atoms with Gasteiger partial charge in [0.25, 0.3) is 11.8 Å². The monoisotopic (exact) mass is 410 g/mol. The van der Waals surface area contributed by atoms with E-state index >= 15 is 0 Å². The first kappa shape index (κ1) is 19.6. The zero-order valence-electron chi connectivity index (χ0n) is 14.8. The largest absolute Gasteiger partial charge is 0.479 e. The number of benzene rings is 1. The van der Waals surface area contributed by atoms with Crippen molar-refractivity contribution in [2.45, 2.75) is 31.9 Å². The normalized spacial score (nSPS) is 16.0. The Hall–Kier alpha value is -2.18. The summed E-state index contributed by atoms with van der Waals surface area (Å²) < 4.78 is 10.8. The zero-order chi connectivity index (χ0) is 19.4. The predicted octanol–water partition coefficient (Wildman–Crippen LogP) is 3.77. The molecule has 1 atom stereocenters. The number of ether oxygens (including phenoxy) is 1. The van der Waals surface area contributed by atoms with Gasteiger partial charge in [0, 0.05) is 19.1 Å². The van der Waals surface area contributed by atoms with Crippen molar-refractivity contribution in [3.8, 4) is 5.75 Å². The molecular formula is C19H20Cl2N2O4. The van der Waals surface area contributed by atoms with E-state index in [2.05, 4.69) is 5.32 Å². The summed E-state index contributed by atoms with van der Waals surface area (Å²) in [6.07, 6.45) is 2.10. The number of rotatable bonds is 5. The van der Waals surface area contributed by atoms with E-state index in [9.17, 15) is 9.59 Å². The van der Waals surface area contributed by atoms with Gasteiger partial charge in [-0.25, -0.2) is 0 Å². The highest BCUT2D eigenvalue weighted by molar-refractivity contribution is 6.42. The van der Waals surface area contributed by atoms with Gasteiger partial charge in [-0.05, 0) is 44.0 Å². The van der Waals surface area contributed by atoms with Crippen LogP contribution in [0.15, 0.2) is 41.0 Å². The maximum Gasteiger partial charge on any atom is 0.289 e. The number of furan rings is 1. The summed E-state index contributed by atoms with van der Waals surface area (Å²) in [4.78, 5) is 26.4. The van der Waals surface area contributed by atoms with Gasteiger partial charge < -0.3 is 19.4 Å². The quantitative estimate of drug-likeness (QED) is 0.813. The molecule has 1 aromatic carbocycles. The van der Waals surface area contributed by atoms with Crippen molar-refractivity contribution in [2.75, 3.05) is 13.1 Å². The second kappa shape index (κ2) is 8.67. The lowest BCUT2D eigenvalue weighted by atomic mass is 10.0. The van der Waals surface area contributed by atoms with Crippen LogP contribution >= 0.6 is 23.2 Å². The van der Waals surface area contributed by atoms with Crippen LogP contribution in [0.1, 0.15) is 30.3 Å². The summed E-state index contributed by atoms with van der Waals surface area (Å²) in [5.41, 5.74) is 0. The third kappa shape index (κ3) is 4.76. The Bertz CT molecular complexity index is 802. The Morgan fingerprint density at radius 3 is 2.63 bits per heavy atom. The lowest BCUT2D eigenvalue weighted by molar-refractivity contribution is -0.128. The molecule has 0 saturated carbocycles. The highest BCUT2D eigenvalue weighted by Gasteiger charge is 2.27. The molecule has 144 valence electrons. The van der Waals surface area contributed by atoms with Crippen LogP contribution in [0.25, 0.3) is 0 Å². The summed E-state index contributed by atoms with van der Waals surface area (Å²) in [7, 11) is 0. The second-order valence-corrected chi connectivity index (χ2v) is 7.15. The van der Waals surface area contributed by atoms with Gasteiger partial charge in [-0.1, -0.05) is 29.3 Å². The lowest BCUT2D eigenvalue weighted by Crippen LogP contribution is -2.49. The molecule has 1 saturated heterocycles. The van der Waals surface area contributed by atoms with Gasteiger partial charge in [-0.2, -0.15) is 0 Å². The number of likely N-dealkylation sites (tertiary alicyclic amines) is 1. The van der Waals surface area contributed by atoms with Crippen LogP contribution in [-0.4, -0.2) is 41.9 Å². The molecular weight excluding hydrogens is 391 g/mol. The number of carbonyl (C=O) groups excluding carboxylic acids is 2. The number of piperidine rings is 1. The summed E-state index contributed by atoms with van der Waals surface area (Å²) >= 11 is 12.0. The van der Waals surface area contributed by atoms with Gasteiger partial charge in [0.1, 0.15) is 10.8 Å². The van der Waals surface area contributed by atoms with E-state index in [4.69, 9.17) is 32.4 Å². The van der Waals surface area contributed by atoms with Crippen molar-refractivity contribution in [1.29, 1.82) is 0 Å². The number of nitrogens with one attached hydrogen (secondary N) is 1. The van der Waals surface area contributed by atoms with Crippen molar-refractivity contribution in [3.05, 3.63) is 52.4 Å². The van der Waals surface area contributed by atoms with E-state index < -0.39 is 6.10 Å². The van der Waals surface area contributed by atoms with E-state index in [-0.39, 0.29) is 22.9 Å². The molecule has 1 aliphatic heterocycles. The number of carbonyl (C=O) groups is 2. The van der Waals surface area contributed by atoms with E-state index in [1.54, 1.807) is 42.2 Å². The lowest BCUT2D eigenvalue weighted by Gasteiger charge is -2.32. The molecule has 2 aromatic rings. The molecule has 2 heterocycles. The van der Waals surface area contributed by atoms with E-state index in [0.29, 0.717) is 42.5 Å². The third-order valence-corrected chi connectivity index (χ3v) is 5.25. The van der Waals surface area contributed by atoms with Crippen LogP contribution in [0.2, 0.25) is 10.0 Å². The summed E-state index contributed by atoms with van der Waals surface area (Å²) in [5.74, 6) is 0.336. The molecule has 0 aliphatic carbocycles. The van der Waals surface area contributed by atoms with Crippen molar-refractivity contribution in [1.82, 2.24) is 10.2 Å². The number of hydrogen-bond donors (Lipinski definition) is 1. The minimum atomic E-state index is -0.719. The number of hydrogen-bond acceptors (Lipinski definition) is 4. The molecule has 1 aromatic heterocycles. The average molecular weight is 411 g/mol. The SMILES string of the molecule is CC(Oc1cccc(Cl)c1Cl)C(=O)NC1CCN(C(=O)c2ccco2)CC1. The first-order valence-corrected chi connectivity index (χ1v) is 9.45. The Kier molecular flexibility index (Phi) is 6.29. The molecule has 1 fully saturated rings. The fourth-order valence-corrected chi connectivity index (χ4v) is 3.26. The predicted molar refractivity (Wildman–Crippen MR) is 102 cm³/mol. The van der Waals surface area contributed by atoms with E-state index in [0.717, 1.165) is 0 Å². The number of halogens is 2. The standard InChI is InChI=1S/C19H20Cl2N2O4/c1-12(27-15-5-2-4-14(20)17(15)21)18(24)22-13-7-9-23(10-8-13)19(25)16-6-3-11-26-16/h2-6,11-13H,7-10H2,1H3,(H,22,24). The highest BCUT2D eigenvalue weighted by Crippen LogP contribution is 2.32. The smallest absolute Gasteiger partial charge is 0.289 e. The maximum atomic E-state index is 12.4. The van der Waals surface area contributed by atoms with Crippen LogP contribution in [-0.2, 0) is 4.79 Å². The zero-order valence-corrected chi connectivity index (χ0v) is 16.3. The topological polar surface area (TPSA) is 71.8 Å². The minimum Gasteiger partial charge on any atom is -0.479 e. The van der Waals surface area contributed by atoms with Gasteiger partial charge in [0.2, 0.25) is 0 Å². The van der Waals surface area contributed by atoms with Crippen molar-refractivity contribution < 1.29 is 18.7 Å². The summed E-state index contributed by atoms with van der Waals surface area (Å²) in [6, 6.07) is 8.35. The molecule has 1 unspecified atom stereocenters. The van der Waals surface area contributed by atoms with Crippen molar-refractivity contribution >= 4 is 35.0 Å². The summed E-state index contributed by atoms with van der Waals surface area (Å²) in [6.45, 7) is 2.77. The first-order valence-electron chi connectivity index (χ1n) is 8.69. The third-order valence-electron chi connectivity index (χ3n) is 4.45. The Labute approximate surface area is 167 Å². The Balaban J connectivity index is 1.49. The molecule has 0 spiro atoms. The molecule has 1 aliphatic rings. The first-order chi connectivity index (χ1) is 13.0. The second-order valence-electron chi connectivity index (χ2n) is 6.36. The van der Waals surface area contributed by atoms with E-state index in [1.165, 1.54) is 6.26 Å². The molecule has 3 rings (SSSR count). The minimum absolute atomic E-state index is 0.0148. The fourth-order valence-electron chi connectivity index (χ4n) is 2.92. The Morgan fingerprint density at radius 1 is 1.22 bits per heavy atom. The molecule has 2 amide bonds. The maximum absolute atomic E-state index is 12.4. The van der Waals surface area contributed by atoms with Gasteiger partial charge in [0.15, 0.2) is 11.9 Å².